The Balaban J connectivity index is 2.42. The van der Waals surface area contributed by atoms with Crippen LogP contribution in [0.5, 0.6) is 11.6 Å². The number of aromatic nitrogens is 2. The predicted molar refractivity (Wildman–Crippen MR) is 84.2 cm³/mol. The first-order valence-corrected chi connectivity index (χ1v) is 7.25. The molecule has 1 aromatic heterocycles. The Morgan fingerprint density at radius 2 is 1.90 bits per heavy atom. The van der Waals surface area contributed by atoms with Crippen molar-refractivity contribution in [1.82, 2.24) is 9.97 Å². The van der Waals surface area contributed by atoms with Crippen LogP contribution >= 0.6 is 15.9 Å². The third-order valence-corrected chi connectivity index (χ3v) is 3.59. The van der Waals surface area contributed by atoms with Gasteiger partial charge < -0.3 is 10.5 Å². The molecule has 1 aromatic carbocycles. The minimum absolute atomic E-state index is 0.196. The molecule has 0 fully saturated rings. The Morgan fingerprint density at radius 1 is 1.20 bits per heavy atom. The molecule has 0 aliphatic heterocycles. The van der Waals surface area contributed by atoms with Gasteiger partial charge in [-0.25, -0.2) is 4.98 Å². The van der Waals surface area contributed by atoms with Gasteiger partial charge in [0.2, 0.25) is 5.88 Å². The van der Waals surface area contributed by atoms with Crippen LogP contribution < -0.4 is 10.5 Å². The van der Waals surface area contributed by atoms with E-state index in [9.17, 15) is 0 Å². The number of benzene rings is 1. The average Bonchev–Trinajstić information content (AvgIpc) is 2.37. The van der Waals surface area contributed by atoms with Crippen LogP contribution in [0.4, 0.5) is 5.82 Å². The third kappa shape index (κ3) is 3.10. The first-order valence-electron chi connectivity index (χ1n) is 6.46. The summed E-state index contributed by atoms with van der Waals surface area (Å²) in [7, 11) is 0. The highest BCUT2D eigenvalue weighted by Crippen LogP contribution is 2.32. The van der Waals surface area contributed by atoms with Gasteiger partial charge in [0.25, 0.3) is 0 Å². The molecule has 0 aliphatic rings. The number of anilines is 1. The van der Waals surface area contributed by atoms with E-state index in [4.69, 9.17) is 10.5 Å². The molecule has 1 heterocycles. The summed E-state index contributed by atoms with van der Waals surface area (Å²) in [6.07, 6.45) is 0. The van der Waals surface area contributed by atoms with E-state index in [0.717, 1.165) is 15.6 Å². The molecule has 5 heteroatoms. The Hall–Kier alpha value is -1.62. The second-order valence-electron chi connectivity index (χ2n) is 5.09. The van der Waals surface area contributed by atoms with E-state index in [2.05, 4.69) is 25.9 Å². The van der Waals surface area contributed by atoms with Gasteiger partial charge in [0.15, 0.2) is 0 Å². The van der Waals surface area contributed by atoms with Gasteiger partial charge in [-0.3, -0.25) is 0 Å². The van der Waals surface area contributed by atoms with Crippen LogP contribution in [-0.4, -0.2) is 9.97 Å². The first-order chi connectivity index (χ1) is 9.38. The Kier molecular flexibility index (Phi) is 4.28. The van der Waals surface area contributed by atoms with E-state index >= 15 is 0 Å². The largest absolute Gasteiger partial charge is 0.437 e. The lowest BCUT2D eigenvalue weighted by molar-refractivity contribution is 0.450. The number of nitrogens with two attached hydrogens (primary N) is 1. The number of nitrogens with zero attached hydrogens (tertiary/aromatic N) is 2. The molecule has 2 aromatic rings. The van der Waals surface area contributed by atoms with Crippen LogP contribution in [0.1, 0.15) is 36.7 Å². The summed E-state index contributed by atoms with van der Waals surface area (Å²) in [5, 5.41) is 0. The summed E-state index contributed by atoms with van der Waals surface area (Å²) in [6, 6.07) is 5.90. The maximum absolute atomic E-state index is 5.93. The number of ether oxygens (including phenoxy) is 1. The highest BCUT2D eigenvalue weighted by Gasteiger charge is 2.14. The fourth-order valence-corrected chi connectivity index (χ4v) is 2.25. The first kappa shape index (κ1) is 14.8. The van der Waals surface area contributed by atoms with Crippen LogP contribution in [0.15, 0.2) is 22.7 Å². The van der Waals surface area contributed by atoms with E-state index in [0.29, 0.717) is 23.3 Å². The molecule has 4 nitrogen and oxygen atoms in total. The SMILES string of the molecule is Cc1ccc(Oc2nc(C(C)C)nc(N)c2C)c(Br)c1. The Morgan fingerprint density at radius 3 is 2.50 bits per heavy atom. The summed E-state index contributed by atoms with van der Waals surface area (Å²) in [5.41, 5.74) is 7.84. The van der Waals surface area contributed by atoms with Crippen molar-refractivity contribution >= 4 is 21.7 Å². The van der Waals surface area contributed by atoms with Crippen LogP contribution in [-0.2, 0) is 0 Å². The number of halogens is 1. The van der Waals surface area contributed by atoms with E-state index in [1.165, 1.54) is 0 Å². The summed E-state index contributed by atoms with van der Waals surface area (Å²) in [6.45, 7) is 7.93. The van der Waals surface area contributed by atoms with Gasteiger partial charge in [-0.15, -0.1) is 0 Å². The second-order valence-corrected chi connectivity index (χ2v) is 5.94. The van der Waals surface area contributed by atoms with E-state index in [1.807, 2.05) is 45.9 Å². The van der Waals surface area contributed by atoms with Crippen LogP contribution in [0.25, 0.3) is 0 Å². The molecule has 0 amide bonds. The predicted octanol–water partition coefficient (Wildman–Crippen LogP) is 4.35. The van der Waals surface area contributed by atoms with Crippen molar-refractivity contribution in [3.8, 4) is 11.6 Å². The third-order valence-electron chi connectivity index (χ3n) is 2.97. The molecule has 20 heavy (non-hydrogen) atoms. The molecular formula is C15H18BrN3O. The Bertz CT molecular complexity index is 641. The van der Waals surface area contributed by atoms with Gasteiger partial charge in [-0.05, 0) is 47.5 Å². The zero-order chi connectivity index (χ0) is 14.9. The lowest BCUT2D eigenvalue weighted by Gasteiger charge is -2.13. The summed E-state index contributed by atoms with van der Waals surface area (Å²) in [4.78, 5) is 8.74. The van der Waals surface area contributed by atoms with Gasteiger partial charge in [0.05, 0.1) is 10.0 Å². The number of rotatable bonds is 3. The standard InChI is InChI=1S/C15H18BrN3O/c1-8(2)14-18-13(17)10(4)15(19-14)20-12-6-5-9(3)7-11(12)16/h5-8H,1-4H3,(H2,17,18,19). The van der Waals surface area contributed by atoms with E-state index in [1.54, 1.807) is 0 Å². The highest BCUT2D eigenvalue weighted by atomic mass is 79.9. The van der Waals surface area contributed by atoms with Crippen LogP contribution in [0, 0.1) is 13.8 Å². The van der Waals surface area contributed by atoms with Gasteiger partial charge in [0, 0.05) is 5.92 Å². The molecular weight excluding hydrogens is 318 g/mol. The van der Waals surface area contributed by atoms with Gasteiger partial charge in [-0.2, -0.15) is 4.98 Å². The van der Waals surface area contributed by atoms with Crippen LogP contribution in [0.3, 0.4) is 0 Å². The molecule has 0 radical (unpaired) electrons. The minimum atomic E-state index is 0.196. The van der Waals surface area contributed by atoms with Crippen molar-refractivity contribution < 1.29 is 4.74 Å². The number of aryl methyl sites for hydroxylation is 1. The highest BCUT2D eigenvalue weighted by molar-refractivity contribution is 9.10. The van der Waals surface area contributed by atoms with Gasteiger partial charge in [0.1, 0.15) is 17.4 Å². The molecule has 0 spiro atoms. The monoisotopic (exact) mass is 335 g/mol. The molecule has 0 atom stereocenters. The van der Waals surface area contributed by atoms with Crippen molar-refractivity contribution in [3.63, 3.8) is 0 Å². The average molecular weight is 336 g/mol. The molecule has 2 rings (SSSR count). The molecule has 0 unspecified atom stereocenters. The molecule has 0 aliphatic carbocycles. The quantitative estimate of drug-likeness (QED) is 0.905. The summed E-state index contributed by atoms with van der Waals surface area (Å²) < 4.78 is 6.78. The zero-order valence-corrected chi connectivity index (χ0v) is 13.7. The van der Waals surface area contributed by atoms with E-state index in [-0.39, 0.29) is 5.92 Å². The zero-order valence-electron chi connectivity index (χ0n) is 12.1. The van der Waals surface area contributed by atoms with Crippen molar-refractivity contribution in [2.75, 3.05) is 5.73 Å². The van der Waals surface area contributed by atoms with Crippen LogP contribution in [0.2, 0.25) is 0 Å². The number of hydrogen-bond acceptors (Lipinski definition) is 4. The lowest BCUT2D eigenvalue weighted by atomic mass is 10.2. The normalized spacial score (nSPS) is 10.9. The fourth-order valence-electron chi connectivity index (χ4n) is 1.68. The fraction of sp³-hybridized carbons (Fsp3) is 0.333. The van der Waals surface area contributed by atoms with Crippen molar-refractivity contribution in [2.45, 2.75) is 33.6 Å². The van der Waals surface area contributed by atoms with Crippen molar-refractivity contribution in [1.29, 1.82) is 0 Å². The lowest BCUT2D eigenvalue weighted by Crippen LogP contribution is -2.06. The van der Waals surface area contributed by atoms with Gasteiger partial charge >= 0.3 is 0 Å². The molecule has 106 valence electrons. The van der Waals surface area contributed by atoms with E-state index < -0.39 is 0 Å². The number of hydrogen-bond donors (Lipinski definition) is 1. The smallest absolute Gasteiger partial charge is 0.227 e. The van der Waals surface area contributed by atoms with Crippen molar-refractivity contribution in [2.24, 2.45) is 0 Å². The topological polar surface area (TPSA) is 61.0 Å². The Labute approximate surface area is 127 Å². The summed E-state index contributed by atoms with van der Waals surface area (Å²) >= 11 is 3.50. The number of nitrogen functional groups attached to an aromatic ring is 1. The maximum Gasteiger partial charge on any atom is 0.227 e. The van der Waals surface area contributed by atoms with Gasteiger partial charge in [-0.1, -0.05) is 19.9 Å². The molecule has 0 saturated heterocycles. The minimum Gasteiger partial charge on any atom is -0.437 e. The maximum atomic E-state index is 5.93. The summed E-state index contributed by atoms with van der Waals surface area (Å²) in [5.74, 6) is 2.56. The molecule has 0 bridgehead atoms. The second kappa shape index (κ2) is 5.79. The molecule has 0 saturated carbocycles. The van der Waals surface area contributed by atoms with Crippen molar-refractivity contribution in [3.05, 3.63) is 39.6 Å². The molecule has 2 N–H and O–H groups in total.